The average molecular weight is 940 g/mol. The minimum atomic E-state index is -5.20. The molecule has 0 saturated carbocycles. The molecule has 1 amide bonds. The van der Waals surface area contributed by atoms with Crippen molar-refractivity contribution in [2.45, 2.75) is 81.3 Å². The van der Waals surface area contributed by atoms with Gasteiger partial charge in [0.1, 0.15) is 61.0 Å². The van der Waals surface area contributed by atoms with E-state index in [4.69, 9.17) is 50.7 Å². The van der Waals surface area contributed by atoms with Crippen molar-refractivity contribution in [3.8, 4) is 0 Å². The van der Waals surface area contributed by atoms with Gasteiger partial charge < -0.3 is 61.3 Å². The molecule has 5 heterocycles. The Bertz CT molecular complexity index is 2490. The molecule has 31 heteroatoms. The number of alkyl carbamates (subject to hydrolysis) is 1. The Morgan fingerprint density at radius 1 is 1.03 bits per heavy atom. The van der Waals surface area contributed by atoms with Gasteiger partial charge in [-0.15, -0.1) is 0 Å². The molecule has 0 radical (unpaired) electrons. The summed E-state index contributed by atoms with van der Waals surface area (Å²) in [6.07, 6.45) is -6.99. The summed E-state index contributed by atoms with van der Waals surface area (Å²) >= 11 is 0. The zero-order valence-corrected chi connectivity index (χ0v) is 35.0. The number of nitrogens with zero attached hydrogens (tertiary/aromatic N) is 9. The molecule has 2 aliphatic rings. The van der Waals surface area contributed by atoms with E-state index in [1.807, 2.05) is 0 Å². The molecule has 2 saturated heterocycles. The summed E-state index contributed by atoms with van der Waals surface area (Å²) in [7, 11) is -10.3. The summed E-state index contributed by atoms with van der Waals surface area (Å²) in [4.78, 5) is 85.8. The molecule has 0 bridgehead atoms. The van der Waals surface area contributed by atoms with E-state index in [0.29, 0.717) is 24.1 Å². The number of aliphatic hydroxyl groups excluding tert-OH is 1. The van der Waals surface area contributed by atoms with E-state index in [1.54, 1.807) is 24.3 Å². The SMILES string of the molecule is [N-]=[N+]=Nc1ccc(COC(=O)NCCCC[C@@H](N)C(=O)OC2C(COP(=O)(O)O[C@H]3C[C@H](n4ccc(N)nc4=O)O[C@@H]3COP(=O)(O)O)OC(n3cnc4c(N)ncnc43)C2O)cc1. The average Bonchev–Trinajstić information content (AvgIpc) is 3.94. The van der Waals surface area contributed by atoms with E-state index in [-0.39, 0.29) is 48.8 Å². The van der Waals surface area contributed by atoms with E-state index < -0.39 is 95.6 Å². The van der Waals surface area contributed by atoms with Crippen LogP contribution < -0.4 is 28.2 Å². The molecule has 6 rings (SSSR count). The molecule has 1 aromatic carbocycles. The molecule has 64 heavy (non-hydrogen) atoms. The number of hydrogen-bond acceptors (Lipinski definition) is 21. The van der Waals surface area contributed by atoms with Crippen LogP contribution in [0.5, 0.6) is 0 Å². The molecule has 2 aliphatic heterocycles. The van der Waals surface area contributed by atoms with Crippen molar-refractivity contribution < 1.29 is 71.0 Å². The Kier molecular flexibility index (Phi) is 15.6. The quantitative estimate of drug-likeness (QED) is 0.0151. The number of anilines is 2. The highest BCUT2D eigenvalue weighted by Crippen LogP contribution is 2.50. The highest BCUT2D eigenvalue weighted by atomic mass is 31.2. The fraction of sp³-hybridized carbons (Fsp3) is 0.485. The topological polar surface area (TPSA) is 431 Å². The fourth-order valence-corrected chi connectivity index (χ4v) is 7.83. The Morgan fingerprint density at radius 2 is 1.78 bits per heavy atom. The fourth-order valence-electron chi connectivity index (χ4n) is 6.53. The number of nitrogens with one attached hydrogen (secondary N) is 1. The number of rotatable bonds is 20. The Balaban J connectivity index is 1.07. The van der Waals surface area contributed by atoms with Crippen LogP contribution in [0.2, 0.25) is 0 Å². The van der Waals surface area contributed by atoms with Crippen LogP contribution in [-0.4, -0.2) is 117 Å². The lowest BCUT2D eigenvalue weighted by atomic mass is 10.1. The number of aromatic nitrogens is 6. The largest absolute Gasteiger partial charge is 0.472 e. The number of amides is 1. The number of carbonyl (C=O) groups is 2. The van der Waals surface area contributed by atoms with Crippen LogP contribution in [0.1, 0.15) is 43.7 Å². The predicted octanol–water partition coefficient (Wildman–Crippen LogP) is 0.683. The Morgan fingerprint density at radius 3 is 2.50 bits per heavy atom. The lowest BCUT2D eigenvalue weighted by Gasteiger charge is -2.24. The van der Waals surface area contributed by atoms with E-state index in [0.717, 1.165) is 10.9 Å². The van der Waals surface area contributed by atoms with E-state index in [2.05, 4.69) is 39.8 Å². The van der Waals surface area contributed by atoms with Gasteiger partial charge in [-0.05, 0) is 36.4 Å². The minimum absolute atomic E-state index is 0.00547. The monoisotopic (exact) mass is 939 g/mol. The lowest BCUT2D eigenvalue weighted by Crippen LogP contribution is -2.43. The molecule has 4 aromatic rings. The number of unbranched alkanes of at least 4 members (excludes halogenated alkanes) is 1. The number of hydrogen-bond donors (Lipinski definition) is 8. The van der Waals surface area contributed by atoms with E-state index in [1.165, 1.54) is 23.2 Å². The van der Waals surface area contributed by atoms with Crippen molar-refractivity contribution in [1.82, 2.24) is 34.4 Å². The second-order valence-corrected chi connectivity index (χ2v) is 16.7. The second-order valence-electron chi connectivity index (χ2n) is 14.1. The number of phosphoric ester groups is 2. The Hall–Kier alpha value is -5.64. The zero-order valence-electron chi connectivity index (χ0n) is 33.2. The minimum Gasteiger partial charge on any atom is -0.455 e. The molecular weight excluding hydrogens is 896 g/mol. The first-order valence-corrected chi connectivity index (χ1v) is 22.1. The molecular formula is C33H43N13O16P2. The maximum atomic E-state index is 13.4. The van der Waals surface area contributed by atoms with Gasteiger partial charge in [0, 0.05) is 29.8 Å². The third-order valence-electron chi connectivity index (χ3n) is 9.62. The number of nitrogens with two attached hydrogens (primary N) is 3. The third-order valence-corrected chi connectivity index (χ3v) is 11.1. The molecule has 11 N–H and O–H groups in total. The number of nitrogen functional groups attached to an aromatic ring is 2. The van der Waals surface area contributed by atoms with Crippen LogP contribution in [-0.2, 0) is 53.1 Å². The summed E-state index contributed by atoms with van der Waals surface area (Å²) in [5.41, 5.74) is 26.6. The smallest absolute Gasteiger partial charge is 0.455 e. The van der Waals surface area contributed by atoms with Crippen molar-refractivity contribution in [2.24, 2.45) is 10.8 Å². The first kappa shape index (κ1) is 47.8. The van der Waals surface area contributed by atoms with Crippen molar-refractivity contribution in [3.63, 3.8) is 0 Å². The molecule has 346 valence electrons. The number of phosphoric acid groups is 2. The third kappa shape index (κ3) is 12.5. The van der Waals surface area contributed by atoms with Crippen molar-refractivity contribution in [2.75, 3.05) is 31.2 Å². The number of carbonyl (C=O) groups excluding carboxylic acids is 2. The number of benzene rings is 1. The number of imidazole rings is 1. The molecule has 2 fully saturated rings. The van der Waals surface area contributed by atoms with Crippen molar-refractivity contribution in [1.29, 1.82) is 0 Å². The Labute approximate surface area is 360 Å². The van der Waals surface area contributed by atoms with Crippen LogP contribution >= 0.6 is 15.6 Å². The zero-order chi connectivity index (χ0) is 46.2. The van der Waals surface area contributed by atoms with Gasteiger partial charge in [-0.3, -0.25) is 27.5 Å². The number of ether oxygens (including phenoxy) is 4. The maximum Gasteiger partial charge on any atom is 0.472 e. The van der Waals surface area contributed by atoms with Crippen LogP contribution in [0.3, 0.4) is 0 Å². The van der Waals surface area contributed by atoms with Crippen LogP contribution in [0.15, 0.2) is 59.1 Å². The normalized spacial score (nSPS) is 23.5. The highest BCUT2D eigenvalue weighted by molar-refractivity contribution is 7.47. The molecule has 0 spiro atoms. The van der Waals surface area contributed by atoms with Gasteiger partial charge in [-0.2, -0.15) is 4.98 Å². The number of azide groups is 1. The van der Waals surface area contributed by atoms with Gasteiger partial charge in [0.25, 0.3) is 0 Å². The number of aliphatic hydroxyl groups is 1. The van der Waals surface area contributed by atoms with E-state index >= 15 is 0 Å². The summed E-state index contributed by atoms with van der Waals surface area (Å²) in [5.74, 6) is -1.09. The number of esters is 1. The summed E-state index contributed by atoms with van der Waals surface area (Å²) < 4.78 is 64.8. The van der Waals surface area contributed by atoms with Gasteiger partial charge in [-0.1, -0.05) is 29.4 Å². The second kappa shape index (κ2) is 20.9. The van der Waals surface area contributed by atoms with Gasteiger partial charge in [0.15, 0.2) is 23.8 Å². The van der Waals surface area contributed by atoms with Gasteiger partial charge in [0.2, 0.25) is 0 Å². The van der Waals surface area contributed by atoms with E-state index in [9.17, 15) is 43.3 Å². The molecule has 0 aliphatic carbocycles. The van der Waals surface area contributed by atoms with Crippen LogP contribution in [0.25, 0.3) is 21.6 Å². The summed E-state index contributed by atoms with van der Waals surface area (Å²) in [6, 6.07) is 6.44. The molecule has 3 aromatic heterocycles. The maximum absolute atomic E-state index is 13.4. The van der Waals surface area contributed by atoms with Crippen molar-refractivity contribution >= 4 is 56.2 Å². The molecule has 5 unspecified atom stereocenters. The van der Waals surface area contributed by atoms with Gasteiger partial charge in [0.05, 0.1) is 19.5 Å². The van der Waals surface area contributed by atoms with Crippen LogP contribution in [0.4, 0.5) is 22.1 Å². The first-order chi connectivity index (χ1) is 30.4. The van der Waals surface area contributed by atoms with Crippen LogP contribution in [0, 0.1) is 0 Å². The number of fused-ring (bicyclic) bond motifs is 1. The highest BCUT2D eigenvalue weighted by Gasteiger charge is 2.50. The molecule has 9 atom stereocenters. The summed E-state index contributed by atoms with van der Waals surface area (Å²) in [6.45, 7) is -1.59. The molecule has 29 nitrogen and oxygen atoms in total. The lowest BCUT2D eigenvalue weighted by molar-refractivity contribution is -0.158. The van der Waals surface area contributed by atoms with Crippen molar-refractivity contribution in [3.05, 3.63) is 75.7 Å². The summed E-state index contributed by atoms with van der Waals surface area (Å²) in [5, 5.41) is 17.6. The van der Waals surface area contributed by atoms with Gasteiger partial charge in [-0.25, -0.2) is 33.7 Å². The van der Waals surface area contributed by atoms with Gasteiger partial charge >= 0.3 is 33.4 Å². The first-order valence-electron chi connectivity index (χ1n) is 19.0. The standard InChI is InChI=1S/C33H43N13O16P2/c34-19(3-1-2-9-38-33(50)56-12-17-4-6-18(7-5-17)43-44-37)31(48)61-27-22(60-30(26(27)47)46-16-41-25-28(36)39-15-40-29(25)46)14-58-64(54,55)62-20-11-24(45-10-8-23(35)42-32(45)49)59-21(20)13-57-63(51,52)53/h4-8,10,15-16,19-22,24,26-27,30,47H,1-3,9,11-14,34H2,(H,38,50)(H,54,55)(H2,35,42,49)(H2,36,39,40)(H2,51,52,53)/t19-,20+,21-,22?,24-,26?,27?,30?/m1/s1. The predicted molar refractivity (Wildman–Crippen MR) is 215 cm³/mol.